The standard InChI is InChI=1S/C12H14ClNO/c1-3-14-12(15)7-6-10-5-4-9(2)11(13)8-10/h4-8H,3H2,1-2H3,(H,14,15)/b7-6+. The van der Waals surface area contributed by atoms with Crippen LogP contribution in [0.4, 0.5) is 0 Å². The smallest absolute Gasteiger partial charge is 0.243 e. The van der Waals surface area contributed by atoms with Crippen LogP contribution < -0.4 is 5.32 Å². The highest BCUT2D eigenvalue weighted by atomic mass is 35.5. The molecule has 0 aromatic heterocycles. The van der Waals surface area contributed by atoms with Crippen molar-refractivity contribution in [3.8, 4) is 0 Å². The van der Waals surface area contributed by atoms with Crippen molar-refractivity contribution in [1.29, 1.82) is 0 Å². The molecule has 0 saturated carbocycles. The lowest BCUT2D eigenvalue weighted by molar-refractivity contribution is -0.116. The van der Waals surface area contributed by atoms with Crippen LogP contribution in [0, 0.1) is 6.92 Å². The monoisotopic (exact) mass is 223 g/mol. The van der Waals surface area contributed by atoms with E-state index in [9.17, 15) is 4.79 Å². The summed E-state index contributed by atoms with van der Waals surface area (Å²) in [6.45, 7) is 4.46. The fraction of sp³-hybridized carbons (Fsp3) is 0.250. The van der Waals surface area contributed by atoms with Crippen molar-refractivity contribution in [3.05, 3.63) is 40.4 Å². The van der Waals surface area contributed by atoms with Crippen molar-refractivity contribution >= 4 is 23.6 Å². The molecule has 2 nitrogen and oxygen atoms in total. The lowest BCUT2D eigenvalue weighted by Crippen LogP contribution is -2.19. The quantitative estimate of drug-likeness (QED) is 0.785. The van der Waals surface area contributed by atoms with E-state index < -0.39 is 0 Å². The van der Waals surface area contributed by atoms with Crippen LogP contribution in [-0.2, 0) is 4.79 Å². The zero-order chi connectivity index (χ0) is 11.3. The Morgan fingerprint density at radius 3 is 2.87 bits per heavy atom. The number of likely N-dealkylation sites (N-methyl/N-ethyl adjacent to an activating group) is 1. The number of hydrogen-bond donors (Lipinski definition) is 1. The van der Waals surface area contributed by atoms with Crippen LogP contribution in [0.2, 0.25) is 5.02 Å². The van der Waals surface area contributed by atoms with Gasteiger partial charge in [0.25, 0.3) is 0 Å². The zero-order valence-corrected chi connectivity index (χ0v) is 9.64. The van der Waals surface area contributed by atoms with Crippen LogP contribution in [-0.4, -0.2) is 12.5 Å². The summed E-state index contributed by atoms with van der Waals surface area (Å²) in [5.41, 5.74) is 1.96. The van der Waals surface area contributed by atoms with Gasteiger partial charge in [-0.05, 0) is 37.1 Å². The molecular formula is C12H14ClNO. The Morgan fingerprint density at radius 2 is 2.27 bits per heavy atom. The number of carbonyl (C=O) groups is 1. The molecule has 0 atom stereocenters. The van der Waals surface area contributed by atoms with Crippen LogP contribution in [0.1, 0.15) is 18.1 Å². The van der Waals surface area contributed by atoms with Gasteiger partial charge in [0.1, 0.15) is 0 Å². The summed E-state index contributed by atoms with van der Waals surface area (Å²) in [6, 6.07) is 5.70. The van der Waals surface area contributed by atoms with Gasteiger partial charge in [-0.15, -0.1) is 0 Å². The summed E-state index contributed by atoms with van der Waals surface area (Å²) in [6.07, 6.45) is 3.25. The van der Waals surface area contributed by atoms with Crippen LogP contribution in [0.3, 0.4) is 0 Å². The maximum absolute atomic E-state index is 11.1. The van der Waals surface area contributed by atoms with E-state index in [1.54, 1.807) is 6.08 Å². The normalized spacial score (nSPS) is 10.6. The molecule has 0 bridgehead atoms. The van der Waals surface area contributed by atoms with E-state index in [0.717, 1.165) is 11.1 Å². The van der Waals surface area contributed by atoms with Crippen molar-refractivity contribution in [2.75, 3.05) is 6.54 Å². The number of aryl methyl sites for hydroxylation is 1. The van der Waals surface area contributed by atoms with Gasteiger partial charge in [0.05, 0.1) is 0 Å². The third-order valence-corrected chi connectivity index (χ3v) is 2.38. The first-order valence-electron chi connectivity index (χ1n) is 4.85. The van der Waals surface area contributed by atoms with E-state index in [-0.39, 0.29) is 5.91 Å². The summed E-state index contributed by atoms with van der Waals surface area (Å²) >= 11 is 5.96. The molecule has 1 aromatic carbocycles. The summed E-state index contributed by atoms with van der Waals surface area (Å²) in [7, 11) is 0. The predicted octanol–water partition coefficient (Wildman–Crippen LogP) is 2.80. The molecule has 0 fully saturated rings. The molecule has 15 heavy (non-hydrogen) atoms. The highest BCUT2D eigenvalue weighted by Gasteiger charge is 1.96. The minimum absolute atomic E-state index is 0.0887. The molecule has 3 heteroatoms. The van der Waals surface area contributed by atoms with E-state index >= 15 is 0 Å². The maximum Gasteiger partial charge on any atom is 0.243 e. The first kappa shape index (κ1) is 11.8. The molecule has 0 unspecified atom stereocenters. The SMILES string of the molecule is CCNC(=O)/C=C/c1ccc(C)c(Cl)c1. The number of nitrogens with one attached hydrogen (secondary N) is 1. The van der Waals surface area contributed by atoms with Gasteiger partial charge in [-0.1, -0.05) is 23.7 Å². The molecule has 0 aliphatic carbocycles. The Labute approximate surface area is 94.9 Å². The molecule has 0 aliphatic heterocycles. The molecule has 1 N–H and O–H groups in total. The molecule has 0 heterocycles. The third-order valence-electron chi connectivity index (χ3n) is 1.97. The van der Waals surface area contributed by atoms with Gasteiger partial charge in [-0.25, -0.2) is 0 Å². The average Bonchev–Trinajstić information content (AvgIpc) is 2.20. The molecule has 1 rings (SSSR count). The Bertz CT molecular complexity index is 385. The maximum atomic E-state index is 11.1. The fourth-order valence-corrected chi connectivity index (χ4v) is 1.31. The summed E-state index contributed by atoms with van der Waals surface area (Å²) < 4.78 is 0. The van der Waals surface area contributed by atoms with E-state index in [1.165, 1.54) is 6.08 Å². The Kier molecular flexibility index (Phi) is 4.37. The van der Waals surface area contributed by atoms with E-state index in [1.807, 2.05) is 32.0 Å². The number of halogens is 1. The first-order chi connectivity index (χ1) is 7.13. The van der Waals surface area contributed by atoms with Gasteiger partial charge in [-0.2, -0.15) is 0 Å². The molecule has 0 aliphatic rings. The number of benzene rings is 1. The number of rotatable bonds is 3. The molecule has 0 radical (unpaired) electrons. The largest absolute Gasteiger partial charge is 0.353 e. The Morgan fingerprint density at radius 1 is 1.53 bits per heavy atom. The molecule has 0 saturated heterocycles. The van der Waals surface area contributed by atoms with Gasteiger partial charge in [0.15, 0.2) is 0 Å². The van der Waals surface area contributed by atoms with Crippen molar-refractivity contribution in [2.45, 2.75) is 13.8 Å². The van der Waals surface area contributed by atoms with Gasteiger partial charge in [0.2, 0.25) is 5.91 Å². The highest BCUT2D eigenvalue weighted by Crippen LogP contribution is 2.17. The van der Waals surface area contributed by atoms with Crippen LogP contribution >= 0.6 is 11.6 Å². The predicted molar refractivity (Wildman–Crippen MR) is 63.9 cm³/mol. The van der Waals surface area contributed by atoms with Gasteiger partial charge in [0, 0.05) is 17.6 Å². The minimum atomic E-state index is -0.0887. The molecular weight excluding hydrogens is 210 g/mol. The number of amides is 1. The lowest BCUT2D eigenvalue weighted by Gasteiger charge is -1.99. The van der Waals surface area contributed by atoms with Gasteiger partial charge >= 0.3 is 0 Å². The van der Waals surface area contributed by atoms with E-state index in [2.05, 4.69) is 5.32 Å². The zero-order valence-electron chi connectivity index (χ0n) is 8.88. The molecule has 80 valence electrons. The summed E-state index contributed by atoms with van der Waals surface area (Å²) in [5.74, 6) is -0.0887. The van der Waals surface area contributed by atoms with Crippen molar-refractivity contribution in [3.63, 3.8) is 0 Å². The summed E-state index contributed by atoms with van der Waals surface area (Å²) in [5, 5.41) is 3.40. The Hall–Kier alpha value is -1.28. The second-order valence-electron chi connectivity index (χ2n) is 3.24. The van der Waals surface area contributed by atoms with Gasteiger partial charge in [-0.3, -0.25) is 4.79 Å². The average molecular weight is 224 g/mol. The van der Waals surface area contributed by atoms with Gasteiger partial charge < -0.3 is 5.32 Å². The van der Waals surface area contributed by atoms with Crippen molar-refractivity contribution in [1.82, 2.24) is 5.32 Å². The van der Waals surface area contributed by atoms with Crippen LogP contribution in [0.5, 0.6) is 0 Å². The topological polar surface area (TPSA) is 29.1 Å². The highest BCUT2D eigenvalue weighted by molar-refractivity contribution is 6.31. The second kappa shape index (κ2) is 5.56. The first-order valence-corrected chi connectivity index (χ1v) is 5.23. The summed E-state index contributed by atoms with van der Waals surface area (Å²) in [4.78, 5) is 11.1. The molecule has 0 spiro atoms. The third kappa shape index (κ3) is 3.76. The van der Waals surface area contributed by atoms with E-state index in [0.29, 0.717) is 11.6 Å². The molecule has 1 aromatic rings. The van der Waals surface area contributed by atoms with E-state index in [4.69, 9.17) is 11.6 Å². The van der Waals surface area contributed by atoms with Crippen LogP contribution in [0.25, 0.3) is 6.08 Å². The molecule has 1 amide bonds. The number of carbonyl (C=O) groups excluding carboxylic acids is 1. The minimum Gasteiger partial charge on any atom is -0.353 e. The van der Waals surface area contributed by atoms with Crippen molar-refractivity contribution in [2.24, 2.45) is 0 Å². The number of hydrogen-bond acceptors (Lipinski definition) is 1. The fourth-order valence-electron chi connectivity index (χ4n) is 1.12. The van der Waals surface area contributed by atoms with Crippen LogP contribution in [0.15, 0.2) is 24.3 Å². The lowest BCUT2D eigenvalue weighted by atomic mass is 10.1. The Balaban J connectivity index is 2.72. The van der Waals surface area contributed by atoms with Crippen molar-refractivity contribution < 1.29 is 4.79 Å². The second-order valence-corrected chi connectivity index (χ2v) is 3.64.